The van der Waals surface area contributed by atoms with Crippen LogP contribution in [0.15, 0.2) is 83.9 Å². The lowest BCUT2D eigenvalue weighted by Gasteiger charge is -2.11. The third-order valence-electron chi connectivity index (χ3n) is 3.73. The Hall–Kier alpha value is -3.47. The molecule has 5 nitrogen and oxygen atoms in total. The quantitative estimate of drug-likeness (QED) is 0.512. The summed E-state index contributed by atoms with van der Waals surface area (Å²) in [5.74, 6) is 2.55. The minimum atomic E-state index is 0.309. The predicted molar refractivity (Wildman–Crippen MR) is 105 cm³/mol. The number of para-hydroxylation sites is 4. The Kier molecular flexibility index (Phi) is 5.72. The van der Waals surface area contributed by atoms with Crippen molar-refractivity contribution in [1.82, 2.24) is 0 Å². The smallest absolute Gasteiger partial charge is 0.193 e. The average molecular weight is 347 g/mol. The van der Waals surface area contributed by atoms with E-state index in [1.54, 1.807) is 7.11 Å². The van der Waals surface area contributed by atoms with E-state index in [0.717, 1.165) is 22.7 Å². The van der Waals surface area contributed by atoms with Crippen LogP contribution in [0.3, 0.4) is 0 Å². The van der Waals surface area contributed by atoms with Gasteiger partial charge in [-0.1, -0.05) is 48.5 Å². The summed E-state index contributed by atoms with van der Waals surface area (Å²) in [5, 5.41) is 3.06. The molecule has 0 aromatic heterocycles. The molecule has 0 radical (unpaired) electrons. The number of hydrogen-bond donors (Lipinski definition) is 2. The van der Waals surface area contributed by atoms with E-state index < -0.39 is 0 Å². The van der Waals surface area contributed by atoms with E-state index in [0.29, 0.717) is 18.3 Å². The summed E-state index contributed by atoms with van der Waals surface area (Å²) in [5.41, 5.74) is 7.74. The number of nitrogens with one attached hydrogen (secondary N) is 1. The standard InChI is InChI=1S/C21H21N3O2/c1-25-20-14-8-6-12-18(20)24-21(22)23-15-16-9-5-7-13-19(16)26-17-10-3-2-4-11-17/h2-14H,15H2,1H3,(H3,22,23,24). The van der Waals surface area contributed by atoms with E-state index in [1.807, 2.05) is 78.9 Å². The lowest BCUT2D eigenvalue weighted by atomic mass is 10.2. The second-order valence-corrected chi connectivity index (χ2v) is 5.55. The van der Waals surface area contributed by atoms with Crippen molar-refractivity contribution in [3.63, 3.8) is 0 Å². The predicted octanol–water partition coefficient (Wildman–Crippen LogP) is 4.41. The average Bonchev–Trinajstić information content (AvgIpc) is 2.68. The van der Waals surface area contributed by atoms with Gasteiger partial charge in [0.2, 0.25) is 0 Å². The van der Waals surface area contributed by atoms with Gasteiger partial charge < -0.3 is 20.5 Å². The van der Waals surface area contributed by atoms with Crippen LogP contribution >= 0.6 is 0 Å². The van der Waals surface area contributed by atoms with Gasteiger partial charge in [0.05, 0.1) is 19.3 Å². The number of methoxy groups -OCH3 is 1. The Morgan fingerprint density at radius 2 is 1.54 bits per heavy atom. The number of ether oxygens (including phenoxy) is 2. The van der Waals surface area contributed by atoms with Gasteiger partial charge in [0.25, 0.3) is 0 Å². The first kappa shape index (κ1) is 17.4. The van der Waals surface area contributed by atoms with Crippen LogP contribution in [-0.2, 0) is 6.54 Å². The zero-order chi connectivity index (χ0) is 18.2. The molecule has 0 aliphatic heterocycles. The highest BCUT2D eigenvalue weighted by Crippen LogP contribution is 2.26. The normalized spacial score (nSPS) is 11.0. The molecule has 3 aromatic carbocycles. The van der Waals surface area contributed by atoms with E-state index in [-0.39, 0.29) is 0 Å². The molecule has 0 spiro atoms. The molecule has 0 fully saturated rings. The van der Waals surface area contributed by atoms with Crippen molar-refractivity contribution in [1.29, 1.82) is 0 Å². The number of rotatable bonds is 6. The minimum absolute atomic E-state index is 0.309. The van der Waals surface area contributed by atoms with E-state index >= 15 is 0 Å². The van der Waals surface area contributed by atoms with E-state index in [4.69, 9.17) is 15.2 Å². The molecule has 0 saturated carbocycles. The lowest BCUT2D eigenvalue weighted by Crippen LogP contribution is -2.23. The van der Waals surface area contributed by atoms with Crippen molar-refractivity contribution >= 4 is 11.6 Å². The molecule has 0 saturated heterocycles. The third-order valence-corrected chi connectivity index (χ3v) is 3.73. The molecule has 0 bridgehead atoms. The van der Waals surface area contributed by atoms with Crippen LogP contribution in [0.5, 0.6) is 17.2 Å². The van der Waals surface area contributed by atoms with Gasteiger partial charge in [-0.15, -0.1) is 0 Å². The molecule has 3 aromatic rings. The summed E-state index contributed by atoms with van der Waals surface area (Å²) >= 11 is 0. The van der Waals surface area contributed by atoms with Crippen LogP contribution in [-0.4, -0.2) is 13.1 Å². The van der Waals surface area contributed by atoms with Crippen molar-refractivity contribution in [3.05, 3.63) is 84.4 Å². The molecule has 0 atom stereocenters. The van der Waals surface area contributed by atoms with Crippen LogP contribution in [0.2, 0.25) is 0 Å². The molecule has 0 aliphatic rings. The highest BCUT2D eigenvalue weighted by molar-refractivity contribution is 5.93. The number of anilines is 1. The summed E-state index contributed by atoms with van der Waals surface area (Å²) in [4.78, 5) is 4.42. The fourth-order valence-electron chi connectivity index (χ4n) is 2.45. The Balaban J connectivity index is 1.71. The fourth-order valence-corrected chi connectivity index (χ4v) is 2.45. The highest BCUT2D eigenvalue weighted by Gasteiger charge is 2.05. The minimum Gasteiger partial charge on any atom is -0.495 e. The molecular weight excluding hydrogens is 326 g/mol. The van der Waals surface area contributed by atoms with Crippen molar-refractivity contribution in [2.24, 2.45) is 10.7 Å². The number of aliphatic imine (C=N–C) groups is 1. The van der Waals surface area contributed by atoms with Gasteiger partial charge in [-0.05, 0) is 30.3 Å². The van der Waals surface area contributed by atoms with Crippen molar-refractivity contribution in [3.8, 4) is 17.2 Å². The lowest BCUT2D eigenvalue weighted by molar-refractivity contribution is 0.417. The SMILES string of the molecule is COc1ccccc1NC(N)=NCc1ccccc1Oc1ccccc1. The maximum absolute atomic E-state index is 6.02. The van der Waals surface area contributed by atoms with Crippen LogP contribution in [0.25, 0.3) is 0 Å². The number of guanidine groups is 1. The van der Waals surface area contributed by atoms with E-state index in [1.165, 1.54) is 0 Å². The van der Waals surface area contributed by atoms with Crippen LogP contribution in [0.4, 0.5) is 5.69 Å². The zero-order valence-electron chi connectivity index (χ0n) is 14.6. The summed E-state index contributed by atoms with van der Waals surface area (Å²) in [6.07, 6.45) is 0. The topological polar surface area (TPSA) is 68.9 Å². The molecular formula is C21H21N3O2. The van der Waals surface area contributed by atoms with E-state index in [2.05, 4.69) is 10.3 Å². The second-order valence-electron chi connectivity index (χ2n) is 5.55. The Labute approximate surface area is 153 Å². The summed E-state index contributed by atoms with van der Waals surface area (Å²) in [6.45, 7) is 0.400. The molecule has 132 valence electrons. The van der Waals surface area contributed by atoms with Crippen molar-refractivity contribution < 1.29 is 9.47 Å². The first-order chi connectivity index (χ1) is 12.8. The zero-order valence-corrected chi connectivity index (χ0v) is 14.6. The number of benzene rings is 3. The number of nitrogens with zero attached hydrogens (tertiary/aromatic N) is 1. The Bertz CT molecular complexity index is 879. The molecule has 0 aliphatic carbocycles. The van der Waals surface area contributed by atoms with Crippen molar-refractivity contribution in [2.45, 2.75) is 6.54 Å². The molecule has 0 unspecified atom stereocenters. The van der Waals surface area contributed by atoms with Crippen LogP contribution < -0.4 is 20.5 Å². The molecule has 3 rings (SSSR count). The summed E-state index contributed by atoms with van der Waals surface area (Å²) < 4.78 is 11.2. The largest absolute Gasteiger partial charge is 0.495 e. The van der Waals surface area contributed by atoms with Gasteiger partial charge in [-0.2, -0.15) is 0 Å². The summed E-state index contributed by atoms with van der Waals surface area (Å²) in [6, 6.07) is 25.0. The van der Waals surface area contributed by atoms with Gasteiger partial charge in [0.15, 0.2) is 5.96 Å². The monoisotopic (exact) mass is 347 g/mol. The van der Waals surface area contributed by atoms with Gasteiger partial charge in [-0.25, -0.2) is 4.99 Å². The fraction of sp³-hybridized carbons (Fsp3) is 0.0952. The number of hydrogen-bond acceptors (Lipinski definition) is 3. The van der Waals surface area contributed by atoms with Crippen molar-refractivity contribution in [2.75, 3.05) is 12.4 Å². The maximum atomic E-state index is 6.02. The van der Waals surface area contributed by atoms with Gasteiger partial charge >= 0.3 is 0 Å². The Morgan fingerprint density at radius 1 is 0.885 bits per heavy atom. The van der Waals surface area contributed by atoms with E-state index in [9.17, 15) is 0 Å². The Morgan fingerprint density at radius 3 is 2.31 bits per heavy atom. The highest BCUT2D eigenvalue weighted by atomic mass is 16.5. The van der Waals surface area contributed by atoms with Crippen LogP contribution in [0, 0.1) is 0 Å². The second kappa shape index (κ2) is 8.58. The van der Waals surface area contributed by atoms with Crippen LogP contribution in [0.1, 0.15) is 5.56 Å². The molecule has 26 heavy (non-hydrogen) atoms. The molecule has 3 N–H and O–H groups in total. The number of nitrogens with two attached hydrogens (primary N) is 1. The van der Waals surface area contributed by atoms with Gasteiger partial charge in [0.1, 0.15) is 17.2 Å². The molecule has 5 heteroatoms. The van der Waals surface area contributed by atoms with Gasteiger partial charge in [0, 0.05) is 5.56 Å². The maximum Gasteiger partial charge on any atom is 0.193 e. The first-order valence-electron chi connectivity index (χ1n) is 8.27. The molecule has 0 heterocycles. The summed E-state index contributed by atoms with van der Waals surface area (Å²) in [7, 11) is 1.62. The third kappa shape index (κ3) is 4.54. The van der Waals surface area contributed by atoms with Gasteiger partial charge in [-0.3, -0.25) is 0 Å². The molecule has 0 amide bonds. The first-order valence-corrected chi connectivity index (χ1v) is 8.27.